The van der Waals surface area contributed by atoms with Crippen LogP contribution in [0.1, 0.15) is 26.7 Å². The fourth-order valence-electron chi connectivity index (χ4n) is 1.59. The highest BCUT2D eigenvalue weighted by atomic mass is 16.5. The molecule has 1 aromatic carbocycles. The third-order valence-corrected chi connectivity index (χ3v) is 2.51. The average molecular weight is 259 g/mol. The van der Waals surface area contributed by atoms with E-state index < -0.39 is 5.97 Å². The summed E-state index contributed by atoms with van der Waals surface area (Å²) in [6.07, 6.45) is 0. The van der Waals surface area contributed by atoms with Gasteiger partial charge in [0.25, 0.3) is 5.91 Å². The monoisotopic (exact) mass is 259 g/mol. The third-order valence-electron chi connectivity index (χ3n) is 2.51. The minimum absolute atomic E-state index is 0.223. The molecule has 19 heavy (non-hydrogen) atoms. The normalized spacial score (nSPS) is 10.0. The number of furan rings is 1. The topological polar surface area (TPSA) is 68.5 Å². The number of aryl methyl sites for hydroxylation is 1. The number of hydrogen-bond acceptors (Lipinski definition) is 4. The molecule has 0 fully saturated rings. The summed E-state index contributed by atoms with van der Waals surface area (Å²) in [5.41, 5.74) is 0.873. The van der Waals surface area contributed by atoms with Gasteiger partial charge in [0.2, 0.25) is 0 Å². The van der Waals surface area contributed by atoms with Gasteiger partial charge in [-0.1, -0.05) is 6.07 Å². The van der Waals surface area contributed by atoms with Gasteiger partial charge < -0.3 is 14.5 Å². The summed E-state index contributed by atoms with van der Waals surface area (Å²) in [6, 6.07) is 9.79. The number of nitrogens with one attached hydrogen (secondary N) is 1. The van der Waals surface area contributed by atoms with E-state index in [4.69, 9.17) is 4.42 Å². The Hall–Kier alpha value is -2.56. The minimum Gasteiger partial charge on any atom is -0.465 e. The quantitative estimate of drug-likeness (QED) is 0.860. The number of carbonyl (C=O) groups excluding carboxylic acids is 2. The van der Waals surface area contributed by atoms with E-state index in [2.05, 4.69) is 10.1 Å². The van der Waals surface area contributed by atoms with Crippen LogP contribution in [-0.4, -0.2) is 19.0 Å². The smallest absolute Gasteiger partial charge is 0.337 e. The summed E-state index contributed by atoms with van der Waals surface area (Å²) in [5.74, 6) is 0.0643. The summed E-state index contributed by atoms with van der Waals surface area (Å²) >= 11 is 0. The van der Waals surface area contributed by atoms with Crippen molar-refractivity contribution >= 4 is 17.6 Å². The molecule has 5 nitrogen and oxygen atoms in total. The number of hydrogen-bond donors (Lipinski definition) is 1. The molecule has 1 amide bonds. The van der Waals surface area contributed by atoms with Crippen molar-refractivity contribution in [3.05, 3.63) is 53.5 Å². The molecule has 1 aromatic heterocycles. The highest BCUT2D eigenvalue weighted by Gasteiger charge is 2.11. The lowest BCUT2D eigenvalue weighted by Crippen LogP contribution is -2.11. The number of carbonyl (C=O) groups is 2. The summed E-state index contributed by atoms with van der Waals surface area (Å²) in [7, 11) is 1.30. The standard InChI is InChI=1S/C14H13NO4/c1-9-6-7-12(19-9)13(16)15-11-5-3-4-10(8-11)14(17)18-2/h3-8H,1-2H3,(H,15,16). The predicted octanol–water partition coefficient (Wildman–Crippen LogP) is 2.63. The number of rotatable bonds is 3. The lowest BCUT2D eigenvalue weighted by molar-refractivity contribution is 0.0600. The van der Waals surface area contributed by atoms with Gasteiger partial charge in [0.05, 0.1) is 12.7 Å². The average Bonchev–Trinajstić information content (AvgIpc) is 2.85. The Balaban J connectivity index is 2.15. The van der Waals surface area contributed by atoms with Gasteiger partial charge in [-0.2, -0.15) is 0 Å². The van der Waals surface area contributed by atoms with E-state index in [1.54, 1.807) is 43.3 Å². The Bertz CT molecular complexity index is 615. The molecule has 1 N–H and O–H groups in total. The number of methoxy groups -OCH3 is 1. The fourth-order valence-corrected chi connectivity index (χ4v) is 1.59. The van der Waals surface area contributed by atoms with Crippen LogP contribution < -0.4 is 5.32 Å². The molecular weight excluding hydrogens is 246 g/mol. The van der Waals surface area contributed by atoms with Gasteiger partial charge in [-0.15, -0.1) is 0 Å². The lowest BCUT2D eigenvalue weighted by atomic mass is 10.2. The summed E-state index contributed by atoms with van der Waals surface area (Å²) in [5, 5.41) is 2.65. The van der Waals surface area contributed by atoms with Crippen LogP contribution in [0.3, 0.4) is 0 Å². The number of anilines is 1. The van der Waals surface area contributed by atoms with Gasteiger partial charge in [-0.25, -0.2) is 4.79 Å². The first-order chi connectivity index (χ1) is 9.10. The van der Waals surface area contributed by atoms with Crippen molar-refractivity contribution in [3.63, 3.8) is 0 Å². The van der Waals surface area contributed by atoms with Crippen molar-refractivity contribution in [1.82, 2.24) is 0 Å². The zero-order valence-electron chi connectivity index (χ0n) is 10.6. The number of benzene rings is 1. The highest BCUT2D eigenvalue weighted by Crippen LogP contribution is 2.14. The SMILES string of the molecule is COC(=O)c1cccc(NC(=O)c2ccc(C)o2)c1. The van der Waals surface area contributed by atoms with E-state index in [1.165, 1.54) is 7.11 Å². The molecule has 2 rings (SSSR count). The minimum atomic E-state index is -0.454. The second kappa shape index (κ2) is 5.39. The first-order valence-electron chi connectivity index (χ1n) is 5.66. The zero-order valence-corrected chi connectivity index (χ0v) is 10.6. The Morgan fingerprint density at radius 3 is 2.63 bits per heavy atom. The molecule has 0 atom stereocenters. The number of esters is 1. The molecule has 98 valence electrons. The van der Waals surface area contributed by atoms with E-state index in [0.29, 0.717) is 17.0 Å². The maximum absolute atomic E-state index is 11.9. The molecular formula is C14H13NO4. The van der Waals surface area contributed by atoms with Crippen molar-refractivity contribution in [2.45, 2.75) is 6.92 Å². The fraction of sp³-hybridized carbons (Fsp3) is 0.143. The summed E-state index contributed by atoms with van der Waals surface area (Å²) in [6.45, 7) is 1.76. The second-order valence-corrected chi connectivity index (χ2v) is 3.94. The van der Waals surface area contributed by atoms with Crippen LogP contribution in [0.4, 0.5) is 5.69 Å². The molecule has 0 bridgehead atoms. The van der Waals surface area contributed by atoms with Gasteiger partial charge in [-0.3, -0.25) is 4.79 Å². The first-order valence-corrected chi connectivity index (χ1v) is 5.66. The number of ether oxygens (including phenoxy) is 1. The zero-order chi connectivity index (χ0) is 13.8. The third kappa shape index (κ3) is 3.01. The highest BCUT2D eigenvalue weighted by molar-refractivity contribution is 6.03. The largest absolute Gasteiger partial charge is 0.465 e. The molecule has 0 spiro atoms. The Labute approximate surface area is 110 Å². The van der Waals surface area contributed by atoms with Crippen LogP contribution in [-0.2, 0) is 4.74 Å². The molecule has 5 heteroatoms. The lowest BCUT2D eigenvalue weighted by Gasteiger charge is -2.05. The van der Waals surface area contributed by atoms with E-state index in [0.717, 1.165) is 0 Å². The van der Waals surface area contributed by atoms with Crippen LogP contribution in [0.2, 0.25) is 0 Å². The van der Waals surface area contributed by atoms with Crippen molar-refractivity contribution in [3.8, 4) is 0 Å². The van der Waals surface area contributed by atoms with E-state index in [1.807, 2.05) is 0 Å². The second-order valence-electron chi connectivity index (χ2n) is 3.94. The van der Waals surface area contributed by atoms with E-state index in [9.17, 15) is 9.59 Å². The maximum Gasteiger partial charge on any atom is 0.337 e. The van der Waals surface area contributed by atoms with Crippen molar-refractivity contribution in [2.75, 3.05) is 12.4 Å². The molecule has 0 saturated carbocycles. The van der Waals surface area contributed by atoms with Crippen molar-refractivity contribution < 1.29 is 18.7 Å². The summed E-state index contributed by atoms with van der Waals surface area (Å²) in [4.78, 5) is 23.2. The van der Waals surface area contributed by atoms with Crippen LogP contribution in [0, 0.1) is 6.92 Å². The van der Waals surface area contributed by atoms with Crippen molar-refractivity contribution in [1.29, 1.82) is 0 Å². The van der Waals surface area contributed by atoms with Gasteiger partial charge in [-0.05, 0) is 37.3 Å². The molecule has 0 radical (unpaired) electrons. The van der Waals surface area contributed by atoms with E-state index in [-0.39, 0.29) is 11.7 Å². The first kappa shape index (κ1) is 12.9. The molecule has 0 aliphatic rings. The van der Waals surface area contributed by atoms with Crippen molar-refractivity contribution in [2.24, 2.45) is 0 Å². The molecule has 2 aromatic rings. The molecule has 0 saturated heterocycles. The van der Waals surface area contributed by atoms with Gasteiger partial charge >= 0.3 is 5.97 Å². The Kier molecular flexibility index (Phi) is 3.66. The summed E-state index contributed by atoms with van der Waals surface area (Å²) < 4.78 is 9.83. The van der Waals surface area contributed by atoms with Gasteiger partial charge in [0, 0.05) is 5.69 Å². The maximum atomic E-state index is 11.9. The van der Waals surface area contributed by atoms with Crippen LogP contribution in [0.15, 0.2) is 40.8 Å². The van der Waals surface area contributed by atoms with Crippen LogP contribution in [0.25, 0.3) is 0 Å². The molecule has 0 unspecified atom stereocenters. The van der Waals surface area contributed by atoms with Gasteiger partial charge in [0.15, 0.2) is 5.76 Å². The predicted molar refractivity (Wildman–Crippen MR) is 69.2 cm³/mol. The van der Waals surface area contributed by atoms with Crippen LogP contribution in [0.5, 0.6) is 0 Å². The van der Waals surface area contributed by atoms with E-state index >= 15 is 0 Å². The number of amides is 1. The molecule has 1 heterocycles. The Morgan fingerprint density at radius 2 is 2.00 bits per heavy atom. The Morgan fingerprint density at radius 1 is 1.21 bits per heavy atom. The van der Waals surface area contributed by atoms with Gasteiger partial charge in [0.1, 0.15) is 5.76 Å². The molecule has 0 aliphatic carbocycles. The molecule has 0 aliphatic heterocycles. The van der Waals surface area contributed by atoms with Crippen LogP contribution >= 0.6 is 0 Å².